The third-order valence-corrected chi connectivity index (χ3v) is 0.526. The van der Waals surface area contributed by atoms with Crippen LogP contribution in [0.25, 0.3) is 0 Å². The molecule has 1 aromatic heterocycles. The van der Waals surface area contributed by atoms with Gasteiger partial charge in [0.15, 0.2) is 0 Å². The first-order chi connectivity index (χ1) is 3.84. The van der Waals surface area contributed by atoms with E-state index >= 15 is 0 Å². The number of nitrogens with zero attached hydrogens (tertiary/aromatic N) is 5. The third-order valence-electron chi connectivity index (χ3n) is 0.526. The summed E-state index contributed by atoms with van der Waals surface area (Å²) in [6.45, 7) is 0. The van der Waals surface area contributed by atoms with E-state index in [4.69, 9.17) is 5.26 Å². The Morgan fingerprint density at radius 2 is 2.50 bits per heavy atom. The van der Waals surface area contributed by atoms with Crippen LogP contribution in [0.1, 0.15) is 0 Å². The van der Waals surface area contributed by atoms with Crippen molar-refractivity contribution < 1.29 is 4.39 Å². The lowest BCUT2D eigenvalue weighted by Crippen LogP contribution is -1.93. The van der Waals surface area contributed by atoms with Crippen LogP contribution < -0.4 is 0 Å². The summed E-state index contributed by atoms with van der Waals surface area (Å²) >= 11 is 0. The minimum Gasteiger partial charge on any atom is -0.170 e. The molecule has 0 aliphatic heterocycles. The van der Waals surface area contributed by atoms with Gasteiger partial charge in [0.2, 0.25) is 6.19 Å². The molecule has 8 heavy (non-hydrogen) atoms. The van der Waals surface area contributed by atoms with Crippen LogP contribution in [0.4, 0.5) is 4.39 Å². The highest BCUT2D eigenvalue weighted by atomic mass is 19.1. The molecule has 0 N–H and O–H groups in total. The van der Waals surface area contributed by atoms with Crippen molar-refractivity contribution in [2.24, 2.45) is 0 Å². The second-order valence-electron chi connectivity index (χ2n) is 0.960. The van der Waals surface area contributed by atoms with Gasteiger partial charge in [-0.3, -0.25) is 0 Å². The average molecular weight is 113 g/mol. The van der Waals surface area contributed by atoms with Crippen LogP contribution in [-0.2, 0) is 0 Å². The van der Waals surface area contributed by atoms with Crippen LogP contribution in [0.15, 0.2) is 0 Å². The third kappa shape index (κ3) is 0.497. The summed E-state index contributed by atoms with van der Waals surface area (Å²) in [5.74, 6) is 0. The Morgan fingerprint density at radius 1 is 1.75 bits per heavy atom. The zero-order valence-corrected chi connectivity index (χ0v) is 3.61. The summed E-state index contributed by atoms with van der Waals surface area (Å²) in [6, 6.07) is 0. The van der Waals surface area contributed by atoms with Crippen molar-refractivity contribution in [3.63, 3.8) is 0 Å². The second kappa shape index (κ2) is 1.54. The van der Waals surface area contributed by atoms with Crippen LogP contribution in [0.5, 0.6) is 0 Å². The standard InChI is InChI=1S/C2FN5/c3-2-5-6-7-8(2)1-4. The zero-order chi connectivity index (χ0) is 5.98. The van der Waals surface area contributed by atoms with E-state index in [0.717, 1.165) is 0 Å². The van der Waals surface area contributed by atoms with Gasteiger partial charge in [-0.25, -0.2) is 0 Å². The Kier molecular flexibility index (Phi) is 0.891. The lowest BCUT2D eigenvalue weighted by atomic mass is 11.1. The molecule has 0 bridgehead atoms. The van der Waals surface area contributed by atoms with Gasteiger partial charge in [0.1, 0.15) is 0 Å². The number of nitriles is 1. The Morgan fingerprint density at radius 3 is 2.75 bits per heavy atom. The first kappa shape index (κ1) is 4.64. The van der Waals surface area contributed by atoms with E-state index in [1.165, 1.54) is 6.19 Å². The second-order valence-corrected chi connectivity index (χ2v) is 0.960. The van der Waals surface area contributed by atoms with Gasteiger partial charge in [0.25, 0.3) is 0 Å². The van der Waals surface area contributed by atoms with Gasteiger partial charge < -0.3 is 0 Å². The fraction of sp³-hybridized carbons (Fsp3) is 0. The molecule has 0 aromatic carbocycles. The summed E-state index contributed by atoms with van der Waals surface area (Å²) in [6.07, 6.45) is 0.388. The van der Waals surface area contributed by atoms with Gasteiger partial charge in [0, 0.05) is 0 Å². The van der Waals surface area contributed by atoms with E-state index in [1.807, 2.05) is 0 Å². The molecular formula is C2FN5. The first-order valence-corrected chi connectivity index (χ1v) is 1.68. The molecule has 0 saturated heterocycles. The van der Waals surface area contributed by atoms with Crippen LogP contribution in [0.2, 0.25) is 0 Å². The number of hydrogen-bond donors (Lipinski definition) is 0. The summed E-state index contributed by atoms with van der Waals surface area (Å²) in [5, 5.41) is 16.5. The first-order valence-electron chi connectivity index (χ1n) is 1.68. The van der Waals surface area contributed by atoms with Gasteiger partial charge in [-0.2, -0.15) is 9.65 Å². The van der Waals surface area contributed by atoms with E-state index < -0.39 is 6.08 Å². The Bertz CT molecular complexity index is 221. The molecule has 0 saturated carbocycles. The maximum Gasteiger partial charge on any atom is 0.341 e. The molecule has 0 aliphatic rings. The Labute approximate surface area is 43.3 Å². The van der Waals surface area contributed by atoms with Gasteiger partial charge in [-0.15, -0.1) is 0 Å². The van der Waals surface area contributed by atoms with Crippen molar-refractivity contribution >= 4 is 0 Å². The fourth-order valence-corrected chi connectivity index (χ4v) is 0.237. The molecule has 40 valence electrons. The smallest absolute Gasteiger partial charge is 0.170 e. The fourth-order valence-electron chi connectivity index (χ4n) is 0.237. The number of halogens is 1. The van der Waals surface area contributed by atoms with E-state index in [0.29, 0.717) is 4.68 Å². The summed E-state index contributed by atoms with van der Waals surface area (Å²) in [7, 11) is 0. The molecule has 0 aliphatic carbocycles. The summed E-state index contributed by atoms with van der Waals surface area (Å²) in [5.41, 5.74) is 0. The van der Waals surface area contributed by atoms with Crippen molar-refractivity contribution in [2.75, 3.05) is 0 Å². The highest BCUT2D eigenvalue weighted by molar-refractivity contribution is 4.72. The van der Waals surface area contributed by atoms with Crippen molar-refractivity contribution in [3.05, 3.63) is 6.08 Å². The Hall–Kier alpha value is -1.51. The van der Waals surface area contributed by atoms with Crippen molar-refractivity contribution in [3.8, 4) is 6.19 Å². The predicted molar refractivity (Wildman–Crippen MR) is 18.8 cm³/mol. The lowest BCUT2D eigenvalue weighted by Gasteiger charge is -1.73. The summed E-state index contributed by atoms with van der Waals surface area (Å²) in [4.78, 5) is 0. The largest absolute Gasteiger partial charge is 0.341 e. The van der Waals surface area contributed by atoms with Gasteiger partial charge in [0.05, 0.1) is 0 Å². The molecule has 0 unspecified atom stereocenters. The normalized spacial score (nSPS) is 8.50. The van der Waals surface area contributed by atoms with E-state index in [2.05, 4.69) is 15.5 Å². The number of tetrazole rings is 1. The maximum atomic E-state index is 11.9. The predicted octanol–water partition coefficient (Wildman–Crippen LogP) is -0.859. The molecule has 1 heterocycles. The van der Waals surface area contributed by atoms with Crippen LogP contribution in [0.3, 0.4) is 0 Å². The van der Waals surface area contributed by atoms with Gasteiger partial charge in [-0.1, -0.05) is 9.78 Å². The van der Waals surface area contributed by atoms with Crippen LogP contribution in [0, 0.1) is 17.5 Å². The number of aromatic nitrogens is 4. The van der Waals surface area contributed by atoms with Crippen molar-refractivity contribution in [1.29, 1.82) is 5.26 Å². The highest BCUT2D eigenvalue weighted by Gasteiger charge is 1.98. The minimum absolute atomic E-state index is 0.375. The van der Waals surface area contributed by atoms with E-state index in [9.17, 15) is 4.39 Å². The number of hydrogen-bond acceptors (Lipinski definition) is 4. The van der Waals surface area contributed by atoms with Gasteiger partial charge in [-0.05, 0) is 10.4 Å². The molecule has 0 fully saturated rings. The minimum atomic E-state index is -0.993. The molecule has 0 amide bonds. The summed E-state index contributed by atoms with van der Waals surface area (Å²) < 4.78 is 12.2. The van der Waals surface area contributed by atoms with Crippen molar-refractivity contribution in [1.82, 2.24) is 20.2 Å². The zero-order valence-electron chi connectivity index (χ0n) is 3.61. The average Bonchev–Trinajstić information content (AvgIpc) is 2.14. The molecule has 1 aromatic rings. The lowest BCUT2D eigenvalue weighted by molar-refractivity contribution is 0.509. The van der Waals surface area contributed by atoms with Crippen LogP contribution >= 0.6 is 0 Å². The molecule has 6 heteroatoms. The number of rotatable bonds is 0. The Balaban J connectivity index is 3.15. The van der Waals surface area contributed by atoms with Gasteiger partial charge >= 0.3 is 6.08 Å². The van der Waals surface area contributed by atoms with E-state index in [-0.39, 0.29) is 0 Å². The monoisotopic (exact) mass is 113 g/mol. The SMILES string of the molecule is N#Cn1nnnc1F. The van der Waals surface area contributed by atoms with Crippen LogP contribution in [-0.4, -0.2) is 20.2 Å². The van der Waals surface area contributed by atoms with Crippen molar-refractivity contribution in [2.45, 2.75) is 0 Å². The molecule has 1 rings (SSSR count). The molecular weight excluding hydrogens is 113 g/mol. The topological polar surface area (TPSA) is 67.4 Å². The highest BCUT2D eigenvalue weighted by Crippen LogP contribution is 1.80. The maximum absolute atomic E-state index is 11.9. The molecule has 5 nitrogen and oxygen atoms in total. The molecule has 0 spiro atoms. The quantitative estimate of drug-likeness (QED) is 0.439. The molecule has 0 radical (unpaired) electrons. The molecule has 0 atom stereocenters. The van der Waals surface area contributed by atoms with E-state index in [1.54, 1.807) is 0 Å².